The number of rotatable bonds is 3. The van der Waals surface area contributed by atoms with Crippen LogP contribution < -0.4 is 0 Å². The quantitative estimate of drug-likeness (QED) is 0.807. The highest BCUT2D eigenvalue weighted by molar-refractivity contribution is 9.10. The van der Waals surface area contributed by atoms with Gasteiger partial charge < -0.3 is 4.90 Å². The van der Waals surface area contributed by atoms with E-state index in [-0.39, 0.29) is 11.9 Å². The van der Waals surface area contributed by atoms with Crippen LogP contribution in [0.1, 0.15) is 37.0 Å². The van der Waals surface area contributed by atoms with Gasteiger partial charge in [0.15, 0.2) is 0 Å². The second-order valence-electron chi connectivity index (χ2n) is 4.94. The van der Waals surface area contributed by atoms with Crippen molar-refractivity contribution in [3.8, 4) is 6.07 Å². The molecule has 2 rings (SSSR count). The lowest BCUT2D eigenvalue weighted by molar-refractivity contribution is 0.0615. The number of amides is 1. The van der Waals surface area contributed by atoms with Crippen LogP contribution in [-0.4, -0.2) is 27.4 Å². The van der Waals surface area contributed by atoms with Crippen LogP contribution in [0.25, 0.3) is 0 Å². The minimum atomic E-state index is -0.784. The van der Waals surface area contributed by atoms with Crippen LogP contribution in [0.2, 0.25) is 0 Å². The summed E-state index contributed by atoms with van der Waals surface area (Å²) in [6, 6.07) is 5.76. The van der Waals surface area contributed by atoms with Gasteiger partial charge in [-0.1, -0.05) is 0 Å². The number of carbonyl (C=O) groups excluding carboxylic acids is 1. The maximum Gasteiger partial charge on any atom is 0.255 e. The molecule has 0 unspecified atom stereocenters. The number of nitriles is 1. The Hall–Kier alpha value is -1.41. The van der Waals surface area contributed by atoms with Gasteiger partial charge in [-0.2, -0.15) is 5.26 Å². The molecule has 1 aliphatic carbocycles. The van der Waals surface area contributed by atoms with Gasteiger partial charge in [0, 0.05) is 17.8 Å². The molecule has 1 aliphatic rings. The van der Waals surface area contributed by atoms with E-state index in [1.165, 1.54) is 0 Å². The van der Waals surface area contributed by atoms with Crippen LogP contribution in [0.5, 0.6) is 0 Å². The van der Waals surface area contributed by atoms with E-state index in [1.807, 2.05) is 0 Å². The van der Waals surface area contributed by atoms with Crippen LogP contribution in [0.15, 0.2) is 22.9 Å². The number of nitrogens with zero attached hydrogens (tertiary/aromatic N) is 3. The normalized spacial score (nSPS) is 15.0. The third kappa shape index (κ3) is 2.54. The first-order valence-electron chi connectivity index (χ1n) is 5.82. The maximum absolute atomic E-state index is 12.5. The molecule has 0 saturated heterocycles. The Morgan fingerprint density at radius 3 is 2.78 bits per heavy atom. The molecule has 0 aromatic carbocycles. The molecule has 1 heterocycles. The molecule has 0 spiro atoms. The van der Waals surface area contributed by atoms with Crippen molar-refractivity contribution in [3.05, 3.63) is 28.5 Å². The number of pyridine rings is 1. The smallest absolute Gasteiger partial charge is 0.255 e. The van der Waals surface area contributed by atoms with E-state index in [0.29, 0.717) is 10.2 Å². The predicted octanol–water partition coefficient (Wildman–Crippen LogP) is 2.75. The molecule has 0 aliphatic heterocycles. The van der Waals surface area contributed by atoms with Gasteiger partial charge in [0.2, 0.25) is 0 Å². The highest BCUT2D eigenvalue weighted by atomic mass is 79.9. The average molecular weight is 308 g/mol. The number of carbonyl (C=O) groups is 1. The molecular weight excluding hydrogens is 294 g/mol. The summed E-state index contributed by atoms with van der Waals surface area (Å²) in [5.41, 5.74) is -0.222. The van der Waals surface area contributed by atoms with Crippen molar-refractivity contribution in [3.63, 3.8) is 0 Å². The van der Waals surface area contributed by atoms with Crippen molar-refractivity contribution in [2.24, 2.45) is 0 Å². The van der Waals surface area contributed by atoms with Gasteiger partial charge in [-0.15, -0.1) is 0 Å². The first-order chi connectivity index (χ1) is 8.45. The lowest BCUT2D eigenvalue weighted by atomic mass is 10.0. The molecule has 1 saturated carbocycles. The summed E-state index contributed by atoms with van der Waals surface area (Å²) in [5, 5.41) is 9.23. The third-order valence-corrected chi connectivity index (χ3v) is 3.41. The zero-order chi connectivity index (χ0) is 13.3. The van der Waals surface area contributed by atoms with E-state index in [9.17, 15) is 10.1 Å². The van der Waals surface area contributed by atoms with Crippen molar-refractivity contribution in [1.82, 2.24) is 9.88 Å². The monoisotopic (exact) mass is 307 g/mol. The first kappa shape index (κ1) is 13.0. The Labute approximate surface area is 115 Å². The van der Waals surface area contributed by atoms with Gasteiger partial charge >= 0.3 is 0 Å². The van der Waals surface area contributed by atoms with E-state index in [4.69, 9.17) is 0 Å². The fourth-order valence-electron chi connectivity index (χ4n) is 1.94. The molecule has 0 bridgehead atoms. The Bertz CT molecular complexity index is 517. The lowest BCUT2D eigenvalue weighted by Crippen LogP contribution is -2.48. The predicted molar refractivity (Wildman–Crippen MR) is 70.8 cm³/mol. The minimum Gasteiger partial charge on any atom is -0.317 e. The highest BCUT2D eigenvalue weighted by Gasteiger charge is 2.42. The molecule has 1 fully saturated rings. The van der Waals surface area contributed by atoms with Gasteiger partial charge in [0.1, 0.15) is 10.1 Å². The van der Waals surface area contributed by atoms with Crippen LogP contribution in [0.4, 0.5) is 0 Å². The summed E-state index contributed by atoms with van der Waals surface area (Å²) < 4.78 is 0.624. The molecule has 1 aromatic heterocycles. The molecular formula is C13H14BrN3O. The van der Waals surface area contributed by atoms with Gasteiger partial charge in [-0.3, -0.25) is 4.79 Å². The summed E-state index contributed by atoms with van der Waals surface area (Å²) in [4.78, 5) is 18.2. The number of hydrogen-bond acceptors (Lipinski definition) is 3. The van der Waals surface area contributed by atoms with Crippen molar-refractivity contribution in [1.29, 1.82) is 5.26 Å². The lowest BCUT2D eigenvalue weighted by Gasteiger charge is -2.33. The molecule has 94 valence electrons. The number of aromatic nitrogens is 1. The van der Waals surface area contributed by atoms with Crippen LogP contribution in [-0.2, 0) is 0 Å². The van der Waals surface area contributed by atoms with Gasteiger partial charge in [0.05, 0.1) is 6.07 Å². The molecule has 4 nitrogen and oxygen atoms in total. The molecule has 0 atom stereocenters. The second-order valence-corrected chi connectivity index (χ2v) is 5.76. The zero-order valence-corrected chi connectivity index (χ0v) is 11.9. The van der Waals surface area contributed by atoms with E-state index in [2.05, 4.69) is 27.0 Å². The number of halogens is 1. The summed E-state index contributed by atoms with van der Waals surface area (Å²) in [7, 11) is 0. The van der Waals surface area contributed by atoms with Gasteiger partial charge in [-0.05, 0) is 54.8 Å². The molecule has 1 aromatic rings. The molecule has 0 N–H and O–H groups in total. The van der Waals surface area contributed by atoms with Crippen molar-refractivity contribution < 1.29 is 4.79 Å². The van der Waals surface area contributed by atoms with Crippen molar-refractivity contribution in [2.75, 3.05) is 0 Å². The Morgan fingerprint density at radius 2 is 2.28 bits per heavy atom. The van der Waals surface area contributed by atoms with E-state index >= 15 is 0 Å². The van der Waals surface area contributed by atoms with Crippen molar-refractivity contribution >= 4 is 21.8 Å². The molecule has 1 amide bonds. The molecule has 5 heteroatoms. The number of hydrogen-bond donors (Lipinski definition) is 0. The summed E-state index contributed by atoms with van der Waals surface area (Å²) in [6.45, 7) is 3.55. The van der Waals surface area contributed by atoms with Crippen LogP contribution in [0.3, 0.4) is 0 Å². The first-order valence-corrected chi connectivity index (χ1v) is 6.61. The topological polar surface area (TPSA) is 57.0 Å². The Morgan fingerprint density at radius 1 is 1.61 bits per heavy atom. The van der Waals surface area contributed by atoms with Crippen molar-refractivity contribution in [2.45, 2.75) is 38.3 Å². The maximum atomic E-state index is 12.5. The van der Waals surface area contributed by atoms with Crippen LogP contribution in [0, 0.1) is 11.3 Å². The van der Waals surface area contributed by atoms with Crippen LogP contribution >= 0.6 is 15.9 Å². The van der Waals surface area contributed by atoms with Gasteiger partial charge in [-0.25, -0.2) is 4.98 Å². The fourth-order valence-corrected chi connectivity index (χ4v) is 2.30. The standard InChI is InChI=1S/C13H14BrN3O/c1-13(2,8-15)17(10-3-4-10)12(18)9-5-6-16-11(14)7-9/h5-7,10H,3-4H2,1-2H3. The zero-order valence-electron chi connectivity index (χ0n) is 10.4. The minimum absolute atomic E-state index is 0.104. The summed E-state index contributed by atoms with van der Waals surface area (Å²) >= 11 is 3.25. The summed E-state index contributed by atoms with van der Waals surface area (Å²) in [6.07, 6.45) is 3.54. The van der Waals surface area contributed by atoms with E-state index < -0.39 is 5.54 Å². The molecule has 18 heavy (non-hydrogen) atoms. The second kappa shape index (κ2) is 4.69. The SMILES string of the molecule is CC(C)(C#N)N(C(=O)c1ccnc(Br)c1)C1CC1. The summed E-state index contributed by atoms with van der Waals surface area (Å²) in [5.74, 6) is -0.104. The Kier molecular flexibility index (Phi) is 3.40. The highest BCUT2D eigenvalue weighted by Crippen LogP contribution is 2.34. The largest absolute Gasteiger partial charge is 0.317 e. The van der Waals surface area contributed by atoms with E-state index in [1.54, 1.807) is 37.1 Å². The third-order valence-electron chi connectivity index (χ3n) is 2.98. The van der Waals surface area contributed by atoms with E-state index in [0.717, 1.165) is 12.8 Å². The molecule has 0 radical (unpaired) electrons. The average Bonchev–Trinajstić information content (AvgIpc) is 3.13. The Balaban J connectivity index is 2.33. The fraction of sp³-hybridized carbons (Fsp3) is 0.462. The van der Waals surface area contributed by atoms with Gasteiger partial charge in [0.25, 0.3) is 5.91 Å².